The molecular weight excluding hydrogens is 313 g/mol. The van der Waals surface area contributed by atoms with E-state index >= 15 is 0 Å². The van der Waals surface area contributed by atoms with Crippen molar-refractivity contribution in [3.8, 4) is 0 Å². The van der Waals surface area contributed by atoms with Crippen LogP contribution in [-0.4, -0.2) is 24.3 Å². The predicted octanol–water partition coefficient (Wildman–Crippen LogP) is 2.70. The van der Waals surface area contributed by atoms with Crippen molar-refractivity contribution in [3.63, 3.8) is 0 Å². The third-order valence-corrected chi connectivity index (χ3v) is 3.77. The maximum Gasteiger partial charge on any atom is 0.124 e. The number of benzene rings is 1. The van der Waals surface area contributed by atoms with E-state index in [1.54, 1.807) is 0 Å². The van der Waals surface area contributed by atoms with Gasteiger partial charge < -0.3 is 4.79 Å². The van der Waals surface area contributed by atoms with Gasteiger partial charge in [-0.25, -0.2) is 0 Å². The smallest absolute Gasteiger partial charge is 0.124 e. The largest absolute Gasteiger partial charge is 0.303 e. The van der Waals surface area contributed by atoms with Gasteiger partial charge in [0.1, 0.15) is 6.29 Å². The van der Waals surface area contributed by atoms with Crippen LogP contribution < -0.4 is 0 Å². The third kappa shape index (κ3) is 3.28. The molecule has 2 nitrogen and oxygen atoms in total. The second kappa shape index (κ2) is 5.77. The molecule has 1 heterocycles. The number of nitrogens with zero attached hydrogens (tertiary/aromatic N) is 1. The van der Waals surface area contributed by atoms with Gasteiger partial charge in [0.05, 0.1) is 0 Å². The van der Waals surface area contributed by atoms with E-state index in [0.717, 1.165) is 38.8 Å². The quantitative estimate of drug-likeness (QED) is 0.628. The van der Waals surface area contributed by atoms with Crippen LogP contribution >= 0.6 is 22.6 Å². The van der Waals surface area contributed by atoms with Gasteiger partial charge in [0.2, 0.25) is 0 Å². The predicted molar refractivity (Wildman–Crippen MR) is 73.2 cm³/mol. The van der Waals surface area contributed by atoms with Crippen molar-refractivity contribution in [2.75, 3.05) is 13.1 Å². The van der Waals surface area contributed by atoms with E-state index in [0.29, 0.717) is 0 Å². The Labute approximate surface area is 110 Å². The Morgan fingerprint density at radius 2 is 2.12 bits per heavy atom. The van der Waals surface area contributed by atoms with Gasteiger partial charge in [-0.1, -0.05) is 12.1 Å². The molecule has 1 saturated heterocycles. The van der Waals surface area contributed by atoms with Crippen molar-refractivity contribution in [2.24, 2.45) is 5.92 Å². The molecule has 0 amide bonds. The Morgan fingerprint density at radius 1 is 1.38 bits per heavy atom. The van der Waals surface area contributed by atoms with Gasteiger partial charge in [-0.15, -0.1) is 0 Å². The van der Waals surface area contributed by atoms with Crippen molar-refractivity contribution in [1.82, 2.24) is 4.90 Å². The Morgan fingerprint density at radius 3 is 2.81 bits per heavy atom. The van der Waals surface area contributed by atoms with Crippen molar-refractivity contribution < 1.29 is 4.79 Å². The van der Waals surface area contributed by atoms with Crippen LogP contribution in [-0.2, 0) is 11.3 Å². The van der Waals surface area contributed by atoms with Crippen LogP contribution in [0.25, 0.3) is 0 Å². The fraction of sp³-hybridized carbons (Fsp3) is 0.462. The molecule has 1 aromatic rings. The van der Waals surface area contributed by atoms with Gasteiger partial charge in [-0.3, -0.25) is 4.90 Å². The van der Waals surface area contributed by atoms with Gasteiger partial charge >= 0.3 is 0 Å². The molecule has 86 valence electrons. The van der Waals surface area contributed by atoms with E-state index in [4.69, 9.17) is 0 Å². The molecule has 1 aliphatic heterocycles. The van der Waals surface area contributed by atoms with Crippen molar-refractivity contribution >= 4 is 28.9 Å². The van der Waals surface area contributed by atoms with E-state index in [1.807, 2.05) is 0 Å². The van der Waals surface area contributed by atoms with E-state index in [2.05, 4.69) is 51.8 Å². The molecule has 16 heavy (non-hydrogen) atoms. The van der Waals surface area contributed by atoms with Crippen LogP contribution in [0.3, 0.4) is 0 Å². The zero-order valence-electron chi connectivity index (χ0n) is 9.23. The lowest BCUT2D eigenvalue weighted by molar-refractivity contribution is -0.112. The van der Waals surface area contributed by atoms with Crippen LogP contribution in [0.1, 0.15) is 18.4 Å². The average Bonchev–Trinajstić information content (AvgIpc) is 2.32. The number of halogens is 1. The second-order valence-electron chi connectivity index (χ2n) is 4.40. The molecule has 0 N–H and O–H groups in total. The van der Waals surface area contributed by atoms with Crippen LogP contribution in [0, 0.1) is 9.49 Å². The number of carbonyl (C=O) groups excluding carboxylic acids is 1. The minimum atomic E-state index is 0.248. The SMILES string of the molecule is O=CC1CCCN(Cc2ccc(I)cc2)C1. The summed E-state index contributed by atoms with van der Waals surface area (Å²) in [4.78, 5) is 13.2. The zero-order valence-corrected chi connectivity index (χ0v) is 11.4. The summed E-state index contributed by atoms with van der Waals surface area (Å²) < 4.78 is 1.27. The third-order valence-electron chi connectivity index (χ3n) is 3.05. The summed E-state index contributed by atoms with van der Waals surface area (Å²) in [6.07, 6.45) is 3.32. The first-order chi connectivity index (χ1) is 7.78. The average molecular weight is 329 g/mol. The van der Waals surface area contributed by atoms with E-state index in [-0.39, 0.29) is 5.92 Å². The summed E-state index contributed by atoms with van der Waals surface area (Å²) >= 11 is 2.32. The first kappa shape index (κ1) is 12.0. The highest BCUT2D eigenvalue weighted by Gasteiger charge is 2.18. The number of rotatable bonds is 3. The van der Waals surface area contributed by atoms with Gasteiger partial charge in [-0.2, -0.15) is 0 Å². The molecular formula is C13H16INO. The maximum absolute atomic E-state index is 10.8. The molecule has 1 atom stereocenters. The molecule has 0 bridgehead atoms. The molecule has 1 aliphatic rings. The fourth-order valence-electron chi connectivity index (χ4n) is 2.19. The molecule has 2 rings (SSSR count). The maximum atomic E-state index is 10.8. The second-order valence-corrected chi connectivity index (χ2v) is 5.65. The molecule has 0 radical (unpaired) electrons. The van der Waals surface area contributed by atoms with E-state index in [9.17, 15) is 4.79 Å². The lowest BCUT2D eigenvalue weighted by Crippen LogP contribution is -2.35. The van der Waals surface area contributed by atoms with E-state index < -0.39 is 0 Å². The van der Waals surface area contributed by atoms with Crippen LogP contribution in [0.5, 0.6) is 0 Å². The number of carbonyl (C=O) groups is 1. The highest BCUT2D eigenvalue weighted by Crippen LogP contribution is 2.17. The molecule has 0 aliphatic carbocycles. The van der Waals surface area contributed by atoms with Gasteiger partial charge in [-0.05, 0) is 59.7 Å². The molecule has 1 unspecified atom stereocenters. The summed E-state index contributed by atoms with van der Waals surface area (Å²) in [5.41, 5.74) is 1.34. The first-order valence-electron chi connectivity index (χ1n) is 5.70. The lowest BCUT2D eigenvalue weighted by atomic mass is 9.99. The Balaban J connectivity index is 1.93. The summed E-state index contributed by atoms with van der Waals surface area (Å²) in [5, 5.41) is 0. The Hall–Kier alpha value is -0.420. The van der Waals surface area contributed by atoms with Crippen LogP contribution in [0.4, 0.5) is 0 Å². The van der Waals surface area contributed by atoms with Crippen molar-refractivity contribution in [3.05, 3.63) is 33.4 Å². The number of piperidine rings is 1. The number of aldehydes is 1. The summed E-state index contributed by atoms with van der Waals surface area (Å²) in [6, 6.07) is 8.62. The van der Waals surface area contributed by atoms with Gasteiger partial charge in [0, 0.05) is 22.6 Å². The summed E-state index contributed by atoms with van der Waals surface area (Å²) in [5.74, 6) is 0.248. The molecule has 1 fully saturated rings. The Bertz CT molecular complexity index is 349. The minimum Gasteiger partial charge on any atom is -0.303 e. The minimum absolute atomic E-state index is 0.248. The van der Waals surface area contributed by atoms with Crippen LogP contribution in [0.2, 0.25) is 0 Å². The van der Waals surface area contributed by atoms with Gasteiger partial charge in [0.15, 0.2) is 0 Å². The van der Waals surface area contributed by atoms with Crippen molar-refractivity contribution in [2.45, 2.75) is 19.4 Å². The molecule has 0 spiro atoms. The van der Waals surface area contributed by atoms with E-state index in [1.165, 1.54) is 9.13 Å². The monoisotopic (exact) mass is 329 g/mol. The molecule has 1 aromatic carbocycles. The molecule has 0 aromatic heterocycles. The topological polar surface area (TPSA) is 20.3 Å². The fourth-order valence-corrected chi connectivity index (χ4v) is 2.55. The molecule has 0 saturated carbocycles. The Kier molecular flexibility index (Phi) is 4.35. The van der Waals surface area contributed by atoms with Crippen LogP contribution in [0.15, 0.2) is 24.3 Å². The number of hydrogen-bond donors (Lipinski definition) is 0. The van der Waals surface area contributed by atoms with Gasteiger partial charge in [0.25, 0.3) is 0 Å². The van der Waals surface area contributed by atoms with Crippen molar-refractivity contribution in [1.29, 1.82) is 0 Å². The molecule has 3 heteroatoms. The highest BCUT2D eigenvalue weighted by atomic mass is 127. The highest BCUT2D eigenvalue weighted by molar-refractivity contribution is 14.1. The number of likely N-dealkylation sites (tertiary alicyclic amines) is 1. The summed E-state index contributed by atoms with van der Waals surface area (Å²) in [7, 11) is 0. The standard InChI is InChI=1S/C13H16INO/c14-13-5-3-11(4-6-13)8-15-7-1-2-12(9-15)10-16/h3-6,10,12H,1-2,7-9H2. The number of hydrogen-bond acceptors (Lipinski definition) is 2. The normalized spacial score (nSPS) is 21.9. The first-order valence-corrected chi connectivity index (χ1v) is 6.78. The summed E-state index contributed by atoms with van der Waals surface area (Å²) in [6.45, 7) is 3.02. The zero-order chi connectivity index (χ0) is 11.4. The lowest BCUT2D eigenvalue weighted by Gasteiger charge is -2.30.